The van der Waals surface area contributed by atoms with Crippen molar-refractivity contribution in [3.63, 3.8) is 0 Å². The molecule has 4 N–H and O–H groups in total. The Labute approximate surface area is 112 Å². The molecule has 0 bridgehead atoms. The van der Waals surface area contributed by atoms with E-state index in [4.69, 9.17) is 10.5 Å². The Hall–Kier alpha value is -1.79. The Morgan fingerprint density at radius 2 is 2.26 bits per heavy atom. The highest BCUT2D eigenvalue weighted by Crippen LogP contribution is 2.25. The van der Waals surface area contributed by atoms with Crippen molar-refractivity contribution < 1.29 is 19.4 Å². The van der Waals surface area contributed by atoms with Crippen LogP contribution in [0.15, 0.2) is 18.2 Å². The van der Waals surface area contributed by atoms with Crippen LogP contribution < -0.4 is 15.8 Å². The van der Waals surface area contributed by atoms with Gasteiger partial charge in [0, 0.05) is 18.7 Å². The Balaban J connectivity index is 2.46. The molecular weight excluding hydrogens is 248 g/mol. The number of hydrogen-bond acceptors (Lipinski definition) is 5. The van der Waals surface area contributed by atoms with E-state index < -0.39 is 12.2 Å². The van der Waals surface area contributed by atoms with Crippen LogP contribution in [-0.4, -0.2) is 38.0 Å². The summed E-state index contributed by atoms with van der Waals surface area (Å²) in [6.07, 6.45) is -1.49. The molecule has 1 atom stereocenters. The summed E-state index contributed by atoms with van der Waals surface area (Å²) in [5.41, 5.74) is 6.60. The summed E-state index contributed by atoms with van der Waals surface area (Å²) in [7, 11) is 1.56. The molecular formula is C13H20N2O4. The zero-order chi connectivity index (χ0) is 14.3. The summed E-state index contributed by atoms with van der Waals surface area (Å²) in [5, 5.41) is 13.1. The van der Waals surface area contributed by atoms with Crippen molar-refractivity contribution in [3.8, 4) is 5.75 Å². The Morgan fingerprint density at radius 1 is 1.53 bits per heavy atom. The van der Waals surface area contributed by atoms with Gasteiger partial charge in [-0.2, -0.15) is 0 Å². The van der Waals surface area contributed by atoms with Crippen LogP contribution >= 0.6 is 0 Å². The highest BCUT2D eigenvalue weighted by molar-refractivity contribution is 5.64. The number of primary amides is 1. The fourth-order valence-electron chi connectivity index (χ4n) is 1.69. The van der Waals surface area contributed by atoms with E-state index in [1.165, 1.54) is 0 Å². The summed E-state index contributed by atoms with van der Waals surface area (Å²) in [6, 6.07) is 5.62. The molecule has 0 aliphatic heterocycles. The van der Waals surface area contributed by atoms with Crippen LogP contribution in [0.1, 0.15) is 17.2 Å². The third kappa shape index (κ3) is 5.15. The van der Waals surface area contributed by atoms with Crippen molar-refractivity contribution in [1.29, 1.82) is 0 Å². The third-order valence-corrected chi connectivity index (χ3v) is 2.61. The summed E-state index contributed by atoms with van der Waals surface area (Å²) in [4.78, 5) is 10.3. The third-order valence-electron chi connectivity index (χ3n) is 2.61. The minimum atomic E-state index is -0.803. The number of rotatable bonds is 7. The monoisotopic (exact) mass is 268 g/mol. The predicted octanol–water partition coefficient (Wildman–Crippen LogP) is 0.722. The first-order valence-corrected chi connectivity index (χ1v) is 6.00. The van der Waals surface area contributed by atoms with Gasteiger partial charge >= 0.3 is 6.09 Å². The molecule has 0 fully saturated rings. The molecule has 6 heteroatoms. The molecule has 0 saturated heterocycles. The molecule has 0 heterocycles. The fourth-order valence-corrected chi connectivity index (χ4v) is 1.69. The van der Waals surface area contributed by atoms with Gasteiger partial charge in [0.15, 0.2) is 0 Å². The van der Waals surface area contributed by atoms with Gasteiger partial charge in [0.25, 0.3) is 0 Å². The van der Waals surface area contributed by atoms with Crippen molar-refractivity contribution in [2.24, 2.45) is 5.73 Å². The largest absolute Gasteiger partial charge is 0.496 e. The van der Waals surface area contributed by atoms with E-state index in [0.717, 1.165) is 11.1 Å². The van der Waals surface area contributed by atoms with Crippen molar-refractivity contribution in [3.05, 3.63) is 29.3 Å². The SMILES string of the molecule is COc1ccc(C)cc1C(O)CNCCOC(N)=O. The number of amides is 1. The van der Waals surface area contributed by atoms with Crippen LogP contribution in [0.5, 0.6) is 5.75 Å². The average Bonchev–Trinajstić information content (AvgIpc) is 2.37. The second-order valence-corrected chi connectivity index (χ2v) is 4.13. The minimum Gasteiger partial charge on any atom is -0.496 e. The fraction of sp³-hybridized carbons (Fsp3) is 0.462. The molecule has 0 aromatic heterocycles. The number of benzene rings is 1. The molecule has 19 heavy (non-hydrogen) atoms. The molecule has 0 aliphatic rings. The number of nitrogens with two attached hydrogens (primary N) is 1. The normalized spacial score (nSPS) is 11.9. The highest BCUT2D eigenvalue weighted by Gasteiger charge is 2.13. The minimum absolute atomic E-state index is 0.174. The summed E-state index contributed by atoms with van der Waals surface area (Å²) in [6.45, 7) is 2.88. The number of methoxy groups -OCH3 is 1. The van der Waals surface area contributed by atoms with Gasteiger partial charge < -0.3 is 25.6 Å². The maximum atomic E-state index is 10.3. The first-order valence-electron chi connectivity index (χ1n) is 6.00. The van der Waals surface area contributed by atoms with Crippen LogP contribution in [0, 0.1) is 6.92 Å². The second kappa shape index (κ2) is 7.60. The molecule has 1 unspecified atom stereocenters. The van der Waals surface area contributed by atoms with Crippen LogP contribution in [0.25, 0.3) is 0 Å². The number of nitrogens with one attached hydrogen (secondary N) is 1. The quantitative estimate of drug-likeness (QED) is 0.634. The lowest BCUT2D eigenvalue weighted by atomic mass is 10.1. The lowest BCUT2D eigenvalue weighted by molar-refractivity contribution is 0.148. The molecule has 0 saturated carbocycles. The predicted molar refractivity (Wildman–Crippen MR) is 71.1 cm³/mol. The zero-order valence-corrected chi connectivity index (χ0v) is 11.2. The molecule has 0 radical (unpaired) electrons. The van der Waals surface area contributed by atoms with Crippen molar-refractivity contribution in [2.75, 3.05) is 26.8 Å². The molecule has 1 amide bonds. The molecule has 0 aliphatic carbocycles. The Morgan fingerprint density at radius 3 is 2.89 bits per heavy atom. The van der Waals surface area contributed by atoms with Crippen LogP contribution in [0.4, 0.5) is 4.79 Å². The van der Waals surface area contributed by atoms with Gasteiger partial charge in [0.2, 0.25) is 0 Å². The molecule has 1 rings (SSSR count). The number of carbonyl (C=O) groups excluding carboxylic acids is 1. The van der Waals surface area contributed by atoms with E-state index in [9.17, 15) is 9.90 Å². The maximum Gasteiger partial charge on any atom is 0.404 e. The molecule has 0 spiro atoms. The van der Waals surface area contributed by atoms with E-state index >= 15 is 0 Å². The molecule has 106 valence electrons. The van der Waals surface area contributed by atoms with E-state index in [-0.39, 0.29) is 6.61 Å². The maximum absolute atomic E-state index is 10.3. The zero-order valence-electron chi connectivity index (χ0n) is 11.2. The van der Waals surface area contributed by atoms with Crippen molar-refractivity contribution in [1.82, 2.24) is 5.32 Å². The van der Waals surface area contributed by atoms with E-state index in [0.29, 0.717) is 18.8 Å². The average molecular weight is 268 g/mol. The van der Waals surface area contributed by atoms with Gasteiger partial charge in [0.05, 0.1) is 13.2 Å². The number of aliphatic hydroxyl groups excluding tert-OH is 1. The van der Waals surface area contributed by atoms with Crippen LogP contribution in [0.3, 0.4) is 0 Å². The van der Waals surface area contributed by atoms with Gasteiger partial charge in [-0.15, -0.1) is 0 Å². The molecule has 6 nitrogen and oxygen atoms in total. The highest BCUT2D eigenvalue weighted by atomic mass is 16.5. The van der Waals surface area contributed by atoms with Crippen molar-refractivity contribution in [2.45, 2.75) is 13.0 Å². The molecule has 1 aromatic rings. The van der Waals surface area contributed by atoms with E-state index in [2.05, 4.69) is 10.1 Å². The lowest BCUT2D eigenvalue weighted by Gasteiger charge is -2.16. The van der Waals surface area contributed by atoms with Gasteiger partial charge in [-0.3, -0.25) is 0 Å². The first-order chi connectivity index (χ1) is 9.04. The van der Waals surface area contributed by atoms with Crippen molar-refractivity contribution >= 4 is 6.09 Å². The van der Waals surface area contributed by atoms with Crippen LogP contribution in [-0.2, 0) is 4.74 Å². The topological polar surface area (TPSA) is 93.8 Å². The number of carbonyl (C=O) groups is 1. The number of aryl methyl sites for hydroxylation is 1. The van der Waals surface area contributed by atoms with Gasteiger partial charge in [-0.1, -0.05) is 11.6 Å². The van der Waals surface area contributed by atoms with Crippen LogP contribution in [0.2, 0.25) is 0 Å². The van der Waals surface area contributed by atoms with Gasteiger partial charge in [-0.05, 0) is 19.1 Å². The second-order valence-electron chi connectivity index (χ2n) is 4.13. The number of aliphatic hydroxyl groups is 1. The van der Waals surface area contributed by atoms with E-state index in [1.807, 2.05) is 25.1 Å². The van der Waals surface area contributed by atoms with E-state index in [1.54, 1.807) is 7.11 Å². The Kier molecular flexibility index (Phi) is 6.11. The summed E-state index contributed by atoms with van der Waals surface area (Å²) < 4.78 is 9.77. The standard InChI is InChI=1S/C13H20N2O4/c1-9-3-4-12(18-2)10(7-9)11(16)8-15-5-6-19-13(14)17/h3-4,7,11,15-16H,5-6,8H2,1-2H3,(H2,14,17). The van der Waals surface area contributed by atoms with Gasteiger partial charge in [-0.25, -0.2) is 4.79 Å². The molecule has 1 aromatic carbocycles. The summed E-state index contributed by atoms with van der Waals surface area (Å²) >= 11 is 0. The first kappa shape index (κ1) is 15.3. The number of ether oxygens (including phenoxy) is 2. The van der Waals surface area contributed by atoms with Gasteiger partial charge in [0.1, 0.15) is 12.4 Å². The Bertz CT molecular complexity index is 423. The number of hydrogen-bond donors (Lipinski definition) is 3. The lowest BCUT2D eigenvalue weighted by Crippen LogP contribution is -2.27. The summed E-state index contributed by atoms with van der Waals surface area (Å²) in [5.74, 6) is 0.647. The smallest absolute Gasteiger partial charge is 0.404 e.